The molecule has 2 heterocycles. The number of ether oxygens (including phenoxy) is 2. The van der Waals surface area contributed by atoms with Gasteiger partial charge in [-0.05, 0) is 36.4 Å². The molecule has 0 radical (unpaired) electrons. The van der Waals surface area contributed by atoms with Crippen LogP contribution >= 0.6 is 0 Å². The van der Waals surface area contributed by atoms with Gasteiger partial charge >= 0.3 is 0 Å². The molecule has 2 aliphatic rings. The average Bonchev–Trinajstić information content (AvgIpc) is 2.83. The van der Waals surface area contributed by atoms with Gasteiger partial charge in [-0.2, -0.15) is 0 Å². The summed E-state index contributed by atoms with van der Waals surface area (Å²) in [6, 6.07) is 23.5. The Morgan fingerprint density at radius 2 is 1.52 bits per heavy atom. The van der Waals surface area contributed by atoms with Crippen LogP contribution in [0.25, 0.3) is 0 Å². The fourth-order valence-corrected chi connectivity index (χ4v) is 4.21. The molecule has 1 amide bonds. The highest BCUT2D eigenvalue weighted by Gasteiger charge is 2.30. The van der Waals surface area contributed by atoms with E-state index in [9.17, 15) is 4.79 Å². The Labute approximate surface area is 182 Å². The van der Waals surface area contributed by atoms with Crippen LogP contribution in [-0.4, -0.2) is 50.6 Å². The molecule has 5 rings (SSSR count). The van der Waals surface area contributed by atoms with Crippen LogP contribution in [0.1, 0.15) is 0 Å². The molecular weight excluding hydrogens is 390 g/mol. The molecule has 3 aromatic rings. The SMILES string of the molecule is COc1cccc(N2CCN(CC(=O)N3c4ccccc4Oc4ccccc43)CC2)c1. The van der Waals surface area contributed by atoms with Crippen LogP contribution in [-0.2, 0) is 4.79 Å². The zero-order valence-corrected chi connectivity index (χ0v) is 17.5. The number of carbonyl (C=O) groups is 1. The van der Waals surface area contributed by atoms with E-state index in [-0.39, 0.29) is 5.91 Å². The van der Waals surface area contributed by atoms with Crippen LogP contribution < -0.4 is 19.3 Å². The molecule has 0 bridgehead atoms. The van der Waals surface area contributed by atoms with Crippen molar-refractivity contribution in [3.8, 4) is 17.2 Å². The topological polar surface area (TPSA) is 45.2 Å². The number of hydrogen-bond donors (Lipinski definition) is 0. The van der Waals surface area contributed by atoms with Crippen LogP contribution in [0.2, 0.25) is 0 Å². The Morgan fingerprint density at radius 1 is 0.871 bits per heavy atom. The molecule has 0 N–H and O–H groups in total. The first-order valence-corrected chi connectivity index (χ1v) is 10.5. The first kappa shape index (κ1) is 19.5. The summed E-state index contributed by atoms with van der Waals surface area (Å²) in [5, 5.41) is 0. The summed E-state index contributed by atoms with van der Waals surface area (Å²) in [6.07, 6.45) is 0. The van der Waals surface area contributed by atoms with Gasteiger partial charge in [-0.15, -0.1) is 0 Å². The highest BCUT2D eigenvalue weighted by Crippen LogP contribution is 2.46. The van der Waals surface area contributed by atoms with Crippen molar-refractivity contribution in [1.82, 2.24) is 4.90 Å². The summed E-state index contributed by atoms with van der Waals surface area (Å²) >= 11 is 0. The number of benzene rings is 3. The minimum atomic E-state index is 0.0537. The van der Waals surface area contributed by atoms with Crippen molar-refractivity contribution in [3.05, 3.63) is 72.8 Å². The zero-order valence-electron chi connectivity index (χ0n) is 17.5. The Bertz CT molecular complexity index is 1050. The molecule has 0 atom stereocenters. The number of hydrogen-bond acceptors (Lipinski definition) is 5. The maximum atomic E-state index is 13.4. The first-order chi connectivity index (χ1) is 15.2. The lowest BCUT2D eigenvalue weighted by molar-refractivity contribution is -0.119. The summed E-state index contributed by atoms with van der Waals surface area (Å²) in [6.45, 7) is 3.77. The summed E-state index contributed by atoms with van der Waals surface area (Å²) in [5.74, 6) is 2.33. The van der Waals surface area contributed by atoms with Crippen LogP contribution in [0.4, 0.5) is 17.1 Å². The molecule has 3 aromatic carbocycles. The van der Waals surface area contributed by atoms with E-state index in [1.165, 1.54) is 0 Å². The van der Waals surface area contributed by atoms with Crippen LogP contribution in [0, 0.1) is 0 Å². The van der Waals surface area contributed by atoms with Gasteiger partial charge < -0.3 is 14.4 Å². The molecule has 0 saturated carbocycles. The molecule has 6 heteroatoms. The maximum Gasteiger partial charge on any atom is 0.245 e. The van der Waals surface area contributed by atoms with Crippen molar-refractivity contribution in [2.24, 2.45) is 0 Å². The van der Waals surface area contributed by atoms with Crippen molar-refractivity contribution in [2.75, 3.05) is 49.6 Å². The number of amides is 1. The third-order valence-corrected chi connectivity index (χ3v) is 5.83. The Hall–Kier alpha value is -3.51. The van der Waals surface area contributed by atoms with Gasteiger partial charge in [0, 0.05) is 37.9 Å². The monoisotopic (exact) mass is 415 g/mol. The lowest BCUT2D eigenvalue weighted by atomic mass is 10.1. The molecular formula is C25H25N3O3. The molecule has 1 saturated heterocycles. The first-order valence-electron chi connectivity index (χ1n) is 10.5. The third kappa shape index (κ3) is 3.82. The number of carbonyl (C=O) groups excluding carboxylic acids is 1. The lowest BCUT2D eigenvalue weighted by Crippen LogP contribution is -2.49. The van der Waals surface area contributed by atoms with Crippen molar-refractivity contribution >= 4 is 23.0 Å². The summed E-state index contributed by atoms with van der Waals surface area (Å²) in [4.78, 5) is 19.8. The van der Waals surface area contributed by atoms with Gasteiger partial charge in [0.2, 0.25) is 5.91 Å². The number of anilines is 3. The fraction of sp³-hybridized carbons (Fsp3) is 0.240. The Balaban J connectivity index is 1.29. The fourth-order valence-electron chi connectivity index (χ4n) is 4.21. The van der Waals surface area contributed by atoms with Crippen molar-refractivity contribution in [1.29, 1.82) is 0 Å². The smallest absolute Gasteiger partial charge is 0.245 e. The van der Waals surface area contributed by atoms with Gasteiger partial charge in [-0.1, -0.05) is 30.3 Å². The van der Waals surface area contributed by atoms with Gasteiger partial charge in [0.05, 0.1) is 25.0 Å². The molecule has 0 aromatic heterocycles. The molecule has 1 fully saturated rings. The Morgan fingerprint density at radius 3 is 2.16 bits per heavy atom. The van der Waals surface area contributed by atoms with Crippen molar-refractivity contribution in [3.63, 3.8) is 0 Å². The highest BCUT2D eigenvalue weighted by molar-refractivity contribution is 6.05. The second kappa shape index (κ2) is 8.32. The van der Waals surface area contributed by atoms with Gasteiger partial charge in [0.25, 0.3) is 0 Å². The molecule has 31 heavy (non-hydrogen) atoms. The van der Waals surface area contributed by atoms with Crippen LogP contribution in [0.5, 0.6) is 17.2 Å². The van der Waals surface area contributed by atoms with Gasteiger partial charge in [-0.3, -0.25) is 14.6 Å². The second-order valence-electron chi connectivity index (χ2n) is 7.73. The van der Waals surface area contributed by atoms with E-state index < -0.39 is 0 Å². The van der Waals surface area contributed by atoms with E-state index >= 15 is 0 Å². The molecule has 6 nitrogen and oxygen atoms in total. The van der Waals surface area contributed by atoms with Crippen molar-refractivity contribution in [2.45, 2.75) is 0 Å². The lowest BCUT2D eigenvalue weighted by Gasteiger charge is -2.37. The van der Waals surface area contributed by atoms with Gasteiger partial charge in [0.1, 0.15) is 5.75 Å². The number of nitrogens with zero attached hydrogens (tertiary/aromatic N) is 3. The predicted molar refractivity (Wildman–Crippen MR) is 122 cm³/mol. The average molecular weight is 415 g/mol. The summed E-state index contributed by atoms with van der Waals surface area (Å²) in [5.41, 5.74) is 2.74. The van der Waals surface area contributed by atoms with E-state index in [0.717, 1.165) is 49.0 Å². The van der Waals surface area contributed by atoms with Crippen LogP contribution in [0.3, 0.4) is 0 Å². The number of methoxy groups -OCH3 is 1. The number of rotatable bonds is 4. The van der Waals surface area contributed by atoms with Crippen molar-refractivity contribution < 1.29 is 14.3 Å². The summed E-state index contributed by atoms with van der Waals surface area (Å²) in [7, 11) is 1.69. The van der Waals surface area contributed by atoms with E-state index in [0.29, 0.717) is 18.0 Å². The number of piperazine rings is 1. The minimum Gasteiger partial charge on any atom is -0.497 e. The van der Waals surface area contributed by atoms with Crippen LogP contribution in [0.15, 0.2) is 72.8 Å². The minimum absolute atomic E-state index is 0.0537. The molecule has 0 aliphatic carbocycles. The number of fused-ring (bicyclic) bond motifs is 2. The van der Waals surface area contributed by atoms with Gasteiger partial charge in [0.15, 0.2) is 11.5 Å². The van der Waals surface area contributed by atoms with E-state index in [2.05, 4.69) is 21.9 Å². The standard InChI is InChI=1S/C25H25N3O3/c1-30-20-8-6-7-19(17-20)27-15-13-26(14-16-27)18-25(29)28-21-9-2-4-11-23(21)31-24-12-5-3-10-22(24)28/h2-12,17H,13-16,18H2,1H3. The van der Waals surface area contributed by atoms with E-state index in [1.54, 1.807) is 12.0 Å². The third-order valence-electron chi connectivity index (χ3n) is 5.83. The molecule has 0 unspecified atom stereocenters. The zero-order chi connectivity index (χ0) is 21.2. The predicted octanol–water partition coefficient (Wildman–Crippen LogP) is 4.29. The van der Waals surface area contributed by atoms with E-state index in [4.69, 9.17) is 9.47 Å². The maximum absolute atomic E-state index is 13.4. The Kier molecular flexibility index (Phi) is 5.22. The molecule has 2 aliphatic heterocycles. The highest BCUT2D eigenvalue weighted by atomic mass is 16.5. The normalized spacial score (nSPS) is 15.6. The summed E-state index contributed by atoms with van der Waals surface area (Å²) < 4.78 is 11.4. The quantitative estimate of drug-likeness (QED) is 0.636. The largest absolute Gasteiger partial charge is 0.497 e. The number of para-hydroxylation sites is 4. The van der Waals surface area contributed by atoms with E-state index in [1.807, 2.05) is 60.7 Å². The second-order valence-corrected chi connectivity index (χ2v) is 7.73. The molecule has 158 valence electrons. The molecule has 0 spiro atoms. The van der Waals surface area contributed by atoms with Gasteiger partial charge in [-0.25, -0.2) is 0 Å².